The van der Waals surface area contributed by atoms with Crippen molar-refractivity contribution in [2.75, 3.05) is 30.8 Å². The Morgan fingerprint density at radius 2 is 2.08 bits per heavy atom. The first kappa shape index (κ1) is 19.7. The van der Waals surface area contributed by atoms with Gasteiger partial charge >= 0.3 is 5.97 Å². The molecular weight excluding hydrogens is 356 g/mol. The quantitative estimate of drug-likeness (QED) is 0.625. The van der Waals surface area contributed by atoms with E-state index in [0.717, 1.165) is 41.7 Å². The van der Waals surface area contributed by atoms with Crippen molar-refractivity contribution in [3.05, 3.63) is 29.8 Å². The molecule has 1 aromatic carbocycles. The molecule has 1 fully saturated rings. The van der Waals surface area contributed by atoms with Crippen LogP contribution in [-0.2, 0) is 14.3 Å². The third kappa shape index (κ3) is 7.04. The van der Waals surface area contributed by atoms with Gasteiger partial charge in [-0.05, 0) is 43.4 Å². The van der Waals surface area contributed by atoms with Crippen LogP contribution in [-0.4, -0.2) is 46.5 Å². The standard InChI is InChI=1S/C18H24N2O3S2/c1-13-6-8-20(9-7-13)18(24)25-12-17(22)23-11-16(21)19-15-5-3-4-14(2)10-15/h3-5,10,13H,6-9,11-12H2,1-2H3,(H,19,21). The normalized spacial score (nSPS) is 14.9. The van der Waals surface area contributed by atoms with Crippen LogP contribution in [0.1, 0.15) is 25.3 Å². The SMILES string of the molecule is Cc1cccc(NC(=O)COC(=O)CSC(=S)N2CCC(C)CC2)c1. The molecule has 0 atom stereocenters. The highest BCUT2D eigenvalue weighted by molar-refractivity contribution is 8.23. The Kier molecular flexibility index (Phi) is 7.71. The number of amides is 1. The number of aryl methyl sites for hydroxylation is 1. The number of nitrogens with one attached hydrogen (secondary N) is 1. The van der Waals surface area contributed by atoms with Crippen LogP contribution in [0.2, 0.25) is 0 Å². The molecule has 1 heterocycles. The van der Waals surface area contributed by atoms with E-state index in [9.17, 15) is 9.59 Å². The number of hydrogen-bond acceptors (Lipinski definition) is 5. The number of benzene rings is 1. The number of carbonyl (C=O) groups excluding carboxylic acids is 2. The van der Waals surface area contributed by atoms with Crippen LogP contribution in [0.5, 0.6) is 0 Å². The second-order valence-electron chi connectivity index (χ2n) is 6.30. The Labute approximate surface area is 158 Å². The van der Waals surface area contributed by atoms with Crippen molar-refractivity contribution < 1.29 is 14.3 Å². The maximum atomic E-state index is 11.8. The van der Waals surface area contributed by atoms with Gasteiger partial charge in [-0.2, -0.15) is 0 Å². The zero-order valence-corrected chi connectivity index (χ0v) is 16.3. The molecule has 0 saturated carbocycles. The van der Waals surface area contributed by atoms with Crippen LogP contribution in [0.25, 0.3) is 0 Å². The molecule has 1 aliphatic rings. The summed E-state index contributed by atoms with van der Waals surface area (Å²) < 4.78 is 5.74. The summed E-state index contributed by atoms with van der Waals surface area (Å²) in [5.74, 6) is 0.0809. The van der Waals surface area contributed by atoms with E-state index >= 15 is 0 Å². The average Bonchev–Trinajstić information content (AvgIpc) is 2.58. The van der Waals surface area contributed by atoms with Gasteiger partial charge in [-0.25, -0.2) is 0 Å². The number of likely N-dealkylation sites (tertiary alicyclic amines) is 1. The molecule has 0 aliphatic carbocycles. The number of thiocarbonyl (C=S) groups is 1. The lowest BCUT2D eigenvalue weighted by molar-refractivity contribution is -0.144. The van der Waals surface area contributed by atoms with E-state index in [4.69, 9.17) is 17.0 Å². The number of ether oxygens (including phenoxy) is 1. The monoisotopic (exact) mass is 380 g/mol. The molecule has 0 spiro atoms. The molecule has 1 amide bonds. The Morgan fingerprint density at radius 3 is 2.76 bits per heavy atom. The molecule has 0 aromatic heterocycles. The third-order valence-corrected chi connectivity index (χ3v) is 5.52. The topological polar surface area (TPSA) is 58.6 Å². The van der Waals surface area contributed by atoms with E-state index in [2.05, 4.69) is 17.1 Å². The highest BCUT2D eigenvalue weighted by atomic mass is 32.2. The van der Waals surface area contributed by atoms with Crippen LogP contribution in [0.15, 0.2) is 24.3 Å². The first-order chi connectivity index (χ1) is 11.9. The zero-order valence-electron chi connectivity index (χ0n) is 14.6. The molecule has 136 valence electrons. The average molecular weight is 381 g/mol. The molecule has 0 unspecified atom stereocenters. The number of anilines is 1. The lowest BCUT2D eigenvalue weighted by atomic mass is 10.00. The molecule has 0 radical (unpaired) electrons. The molecule has 0 bridgehead atoms. The molecule has 1 aromatic rings. The van der Waals surface area contributed by atoms with Gasteiger partial charge in [-0.15, -0.1) is 0 Å². The van der Waals surface area contributed by atoms with Gasteiger partial charge in [0, 0.05) is 18.8 Å². The fourth-order valence-corrected chi connectivity index (χ4v) is 3.56. The van der Waals surface area contributed by atoms with E-state index in [0.29, 0.717) is 5.69 Å². The van der Waals surface area contributed by atoms with Crippen LogP contribution in [0, 0.1) is 12.8 Å². The van der Waals surface area contributed by atoms with E-state index in [1.165, 1.54) is 11.8 Å². The van der Waals surface area contributed by atoms with Gasteiger partial charge in [-0.3, -0.25) is 9.59 Å². The lowest BCUT2D eigenvalue weighted by Gasteiger charge is -2.31. The fourth-order valence-electron chi connectivity index (χ4n) is 2.51. The van der Waals surface area contributed by atoms with Crippen LogP contribution in [0.4, 0.5) is 5.69 Å². The van der Waals surface area contributed by atoms with Gasteiger partial charge in [0.1, 0.15) is 4.32 Å². The fraction of sp³-hybridized carbons (Fsp3) is 0.500. The van der Waals surface area contributed by atoms with Crippen LogP contribution < -0.4 is 5.32 Å². The maximum Gasteiger partial charge on any atom is 0.316 e. The molecule has 1 N–H and O–H groups in total. The summed E-state index contributed by atoms with van der Waals surface area (Å²) in [7, 11) is 0. The number of thioether (sulfide) groups is 1. The van der Waals surface area contributed by atoms with Gasteiger partial charge in [-0.1, -0.05) is 43.0 Å². The van der Waals surface area contributed by atoms with Crippen molar-refractivity contribution in [3.63, 3.8) is 0 Å². The summed E-state index contributed by atoms with van der Waals surface area (Å²) in [4.78, 5) is 25.7. The van der Waals surface area contributed by atoms with E-state index in [1.807, 2.05) is 25.1 Å². The number of nitrogens with zero attached hydrogens (tertiary/aromatic N) is 1. The zero-order chi connectivity index (χ0) is 18.2. The number of esters is 1. The van der Waals surface area contributed by atoms with Crippen LogP contribution >= 0.6 is 24.0 Å². The van der Waals surface area contributed by atoms with Crippen LogP contribution in [0.3, 0.4) is 0 Å². The Bertz CT molecular complexity index is 629. The molecule has 25 heavy (non-hydrogen) atoms. The lowest BCUT2D eigenvalue weighted by Crippen LogP contribution is -2.35. The van der Waals surface area contributed by atoms with E-state index in [-0.39, 0.29) is 18.3 Å². The number of hydrogen-bond donors (Lipinski definition) is 1. The van der Waals surface area contributed by atoms with Crippen molar-refractivity contribution in [1.82, 2.24) is 4.90 Å². The van der Waals surface area contributed by atoms with Crippen molar-refractivity contribution in [2.45, 2.75) is 26.7 Å². The second-order valence-corrected chi connectivity index (χ2v) is 7.91. The molecule has 1 saturated heterocycles. The largest absolute Gasteiger partial charge is 0.455 e. The minimum absolute atomic E-state index is 0.128. The molecule has 5 nitrogen and oxygen atoms in total. The van der Waals surface area contributed by atoms with Gasteiger partial charge in [0.15, 0.2) is 6.61 Å². The van der Waals surface area contributed by atoms with Crippen molar-refractivity contribution >= 4 is 45.9 Å². The predicted molar refractivity (Wildman–Crippen MR) is 106 cm³/mol. The number of piperidine rings is 1. The molecular formula is C18H24N2O3S2. The van der Waals surface area contributed by atoms with Gasteiger partial charge in [0.05, 0.1) is 5.75 Å². The van der Waals surface area contributed by atoms with Gasteiger partial charge in [0.2, 0.25) is 0 Å². The highest BCUT2D eigenvalue weighted by Gasteiger charge is 2.19. The minimum atomic E-state index is -0.433. The molecule has 7 heteroatoms. The van der Waals surface area contributed by atoms with Crippen molar-refractivity contribution in [2.24, 2.45) is 5.92 Å². The summed E-state index contributed by atoms with van der Waals surface area (Å²) >= 11 is 6.67. The summed E-state index contributed by atoms with van der Waals surface area (Å²) in [6.07, 6.45) is 2.26. The highest BCUT2D eigenvalue weighted by Crippen LogP contribution is 2.20. The summed E-state index contributed by atoms with van der Waals surface area (Å²) in [5, 5.41) is 2.70. The molecule has 1 aliphatic heterocycles. The molecule has 2 rings (SSSR count). The maximum absolute atomic E-state index is 11.8. The smallest absolute Gasteiger partial charge is 0.316 e. The Hall–Kier alpha value is -1.60. The van der Waals surface area contributed by atoms with Gasteiger partial charge in [0.25, 0.3) is 5.91 Å². The summed E-state index contributed by atoms with van der Waals surface area (Å²) in [6.45, 7) is 5.79. The predicted octanol–water partition coefficient (Wildman–Crippen LogP) is 3.23. The van der Waals surface area contributed by atoms with Gasteiger partial charge < -0.3 is 15.0 Å². The Balaban J connectivity index is 1.65. The van der Waals surface area contributed by atoms with E-state index in [1.54, 1.807) is 6.07 Å². The number of rotatable bonds is 5. The summed E-state index contributed by atoms with van der Waals surface area (Å²) in [6, 6.07) is 7.45. The first-order valence-electron chi connectivity index (χ1n) is 8.38. The second kappa shape index (κ2) is 9.77. The van der Waals surface area contributed by atoms with Crippen molar-refractivity contribution in [3.8, 4) is 0 Å². The minimum Gasteiger partial charge on any atom is -0.455 e. The first-order valence-corrected chi connectivity index (χ1v) is 9.77. The third-order valence-electron chi connectivity index (χ3n) is 4.02. The van der Waals surface area contributed by atoms with Crippen molar-refractivity contribution in [1.29, 1.82) is 0 Å². The number of carbonyl (C=O) groups is 2. The summed E-state index contributed by atoms with van der Waals surface area (Å²) in [5.41, 5.74) is 1.74. The van der Waals surface area contributed by atoms with E-state index < -0.39 is 5.97 Å². The Morgan fingerprint density at radius 1 is 1.36 bits per heavy atom.